The van der Waals surface area contributed by atoms with E-state index < -0.39 is 124 Å². The third-order valence-corrected chi connectivity index (χ3v) is 13.2. The van der Waals surface area contributed by atoms with Crippen LogP contribution in [0.1, 0.15) is 149 Å². The summed E-state index contributed by atoms with van der Waals surface area (Å²) < 4.78 is 34.1. The quantitative estimate of drug-likeness (QED) is 0.0316. The van der Waals surface area contributed by atoms with E-state index in [2.05, 4.69) is 43.5 Å². The molecular formula is C51H91NO18. The number of carbonyl (C=O) groups is 1. The molecule has 12 N–H and O–H groups in total. The van der Waals surface area contributed by atoms with Crippen molar-refractivity contribution in [3.05, 3.63) is 36.5 Å². The highest BCUT2D eigenvalue weighted by Crippen LogP contribution is 2.33. The number of aliphatic hydroxyl groups excluding tert-OH is 11. The Kier molecular flexibility index (Phi) is 32.1. The molecule has 17 atom stereocenters. The first-order valence-corrected chi connectivity index (χ1v) is 26.2. The van der Waals surface area contributed by atoms with Gasteiger partial charge in [-0.05, 0) is 57.8 Å². The van der Waals surface area contributed by atoms with E-state index >= 15 is 0 Å². The Morgan fingerprint density at radius 3 is 1.44 bits per heavy atom. The van der Waals surface area contributed by atoms with Crippen molar-refractivity contribution in [3.8, 4) is 0 Å². The number of nitrogens with one attached hydrogen (secondary N) is 1. The molecule has 3 rings (SSSR count). The van der Waals surface area contributed by atoms with Crippen LogP contribution in [0, 0.1) is 0 Å². The number of unbranched alkanes of at least 4 members (excludes halogenated alkanes) is 16. The van der Waals surface area contributed by atoms with Gasteiger partial charge in [-0.2, -0.15) is 0 Å². The number of hydrogen-bond acceptors (Lipinski definition) is 18. The first-order valence-electron chi connectivity index (χ1n) is 26.2. The fraction of sp³-hybridized carbons (Fsp3) is 0.863. The zero-order chi connectivity index (χ0) is 51.3. The lowest BCUT2D eigenvalue weighted by Crippen LogP contribution is -2.66. The van der Waals surface area contributed by atoms with Crippen molar-refractivity contribution >= 4 is 5.91 Å². The molecule has 1 amide bonds. The number of allylic oxidation sites excluding steroid dienone is 5. The zero-order valence-corrected chi connectivity index (χ0v) is 41.7. The summed E-state index contributed by atoms with van der Waals surface area (Å²) in [4.78, 5) is 13.2. The molecule has 3 saturated heterocycles. The Morgan fingerprint density at radius 1 is 0.500 bits per heavy atom. The third kappa shape index (κ3) is 21.5. The van der Waals surface area contributed by atoms with Gasteiger partial charge in [0.05, 0.1) is 38.6 Å². The van der Waals surface area contributed by atoms with Crippen LogP contribution < -0.4 is 5.32 Å². The predicted molar refractivity (Wildman–Crippen MR) is 259 cm³/mol. The fourth-order valence-corrected chi connectivity index (χ4v) is 8.73. The topological polar surface area (TPSA) is 307 Å². The minimum Gasteiger partial charge on any atom is -0.394 e. The van der Waals surface area contributed by atoms with Crippen molar-refractivity contribution in [3.63, 3.8) is 0 Å². The van der Waals surface area contributed by atoms with E-state index in [1.807, 2.05) is 6.08 Å². The second kappa shape index (κ2) is 36.0. The maximum atomic E-state index is 13.2. The molecular weight excluding hydrogens is 915 g/mol. The van der Waals surface area contributed by atoms with Crippen LogP contribution in [0.15, 0.2) is 36.5 Å². The Hall–Kier alpha value is -1.99. The summed E-state index contributed by atoms with van der Waals surface area (Å²) in [5, 5.41) is 120. The summed E-state index contributed by atoms with van der Waals surface area (Å²) in [7, 11) is 0. The summed E-state index contributed by atoms with van der Waals surface area (Å²) in [6, 6.07) is -0.990. The van der Waals surface area contributed by atoms with Crippen LogP contribution >= 0.6 is 0 Å². The Bertz CT molecular complexity index is 1440. The van der Waals surface area contributed by atoms with E-state index in [-0.39, 0.29) is 18.9 Å². The Labute approximate surface area is 415 Å². The normalized spacial score (nSPS) is 32.8. The molecule has 0 aliphatic carbocycles. The van der Waals surface area contributed by atoms with Gasteiger partial charge in [-0.3, -0.25) is 4.79 Å². The number of hydrogen-bond donors (Lipinski definition) is 12. The zero-order valence-electron chi connectivity index (χ0n) is 41.7. The van der Waals surface area contributed by atoms with Crippen LogP contribution in [0.5, 0.6) is 0 Å². The highest BCUT2D eigenvalue weighted by Gasteiger charge is 2.53. The fourth-order valence-electron chi connectivity index (χ4n) is 8.73. The second-order valence-corrected chi connectivity index (χ2v) is 19.0. The van der Waals surface area contributed by atoms with Gasteiger partial charge >= 0.3 is 0 Å². The molecule has 17 unspecified atom stereocenters. The standard InChI is InChI=1S/C51H91NO18/c1-3-5-7-9-11-13-15-17-19-21-23-25-27-29-39(57)52-34(35(56)28-26-24-22-20-18-16-14-12-10-8-6-4-2)33-65-49-45(63)42(60)47(37(31-54)67-49)70-51-46(64)43(61)48(38(32-55)68-51)69-50-44(62)41(59)40(58)36(30-53)66-50/h13,15,18,20,26,28,34-38,40-51,53-56,58-64H,3-12,14,16-17,19,21-25,27,29-33H2,1-2H3,(H,52,57)/b15-13-,20-18+,28-26+. The van der Waals surface area contributed by atoms with Crippen molar-refractivity contribution < 1.29 is 89.4 Å². The molecule has 3 aliphatic rings. The molecule has 0 aromatic rings. The van der Waals surface area contributed by atoms with Crippen LogP contribution in [-0.4, -0.2) is 193 Å². The van der Waals surface area contributed by atoms with Crippen LogP contribution in [0.25, 0.3) is 0 Å². The van der Waals surface area contributed by atoms with Crippen molar-refractivity contribution in [1.82, 2.24) is 5.32 Å². The maximum Gasteiger partial charge on any atom is 0.220 e. The van der Waals surface area contributed by atoms with Crippen molar-refractivity contribution in [1.29, 1.82) is 0 Å². The van der Waals surface area contributed by atoms with E-state index in [0.717, 1.165) is 57.8 Å². The second-order valence-electron chi connectivity index (χ2n) is 19.0. The predicted octanol–water partition coefficient (Wildman–Crippen LogP) is 2.20. The number of carbonyl (C=O) groups excluding carboxylic acids is 1. The first-order chi connectivity index (χ1) is 33.8. The van der Waals surface area contributed by atoms with Crippen LogP contribution in [0.4, 0.5) is 0 Å². The van der Waals surface area contributed by atoms with E-state index in [9.17, 15) is 61.0 Å². The van der Waals surface area contributed by atoms with Crippen LogP contribution in [0.3, 0.4) is 0 Å². The lowest BCUT2D eigenvalue weighted by molar-refractivity contribution is -0.379. The van der Waals surface area contributed by atoms with E-state index in [1.165, 1.54) is 57.8 Å². The van der Waals surface area contributed by atoms with Gasteiger partial charge < -0.3 is 89.9 Å². The molecule has 0 spiro atoms. The molecule has 3 fully saturated rings. The van der Waals surface area contributed by atoms with Crippen molar-refractivity contribution in [2.24, 2.45) is 0 Å². The highest BCUT2D eigenvalue weighted by molar-refractivity contribution is 5.76. The SMILES string of the molecule is CCCCCC/C=C\CCCCCCCC(=O)NC(COC1OC(CO)C(OC2OC(CO)C(OC3OC(CO)C(O)C(O)C3O)C(O)C2O)C(O)C1O)C(O)/C=C/CC/C=C/CCCCCCCC. The van der Waals surface area contributed by atoms with Gasteiger partial charge in [0.15, 0.2) is 18.9 Å². The van der Waals surface area contributed by atoms with Gasteiger partial charge in [-0.1, -0.05) is 121 Å². The Morgan fingerprint density at radius 2 is 0.914 bits per heavy atom. The third-order valence-electron chi connectivity index (χ3n) is 13.2. The van der Waals surface area contributed by atoms with Gasteiger partial charge in [-0.25, -0.2) is 0 Å². The van der Waals surface area contributed by atoms with Crippen molar-refractivity contribution in [2.45, 2.75) is 253 Å². The van der Waals surface area contributed by atoms with Gasteiger partial charge in [0.2, 0.25) is 5.91 Å². The number of ether oxygens (including phenoxy) is 6. The molecule has 70 heavy (non-hydrogen) atoms. The average molecular weight is 1010 g/mol. The molecule has 19 heteroatoms. The number of aliphatic hydroxyl groups is 11. The molecule has 3 heterocycles. The molecule has 19 nitrogen and oxygen atoms in total. The summed E-state index contributed by atoms with van der Waals surface area (Å²) >= 11 is 0. The highest BCUT2D eigenvalue weighted by atomic mass is 16.8. The molecule has 0 saturated carbocycles. The first kappa shape index (κ1) is 62.3. The molecule has 0 aromatic heterocycles. The van der Waals surface area contributed by atoms with Crippen LogP contribution in [0.2, 0.25) is 0 Å². The number of rotatable bonds is 36. The summed E-state index contributed by atoms with van der Waals surface area (Å²) in [5.41, 5.74) is 0. The maximum absolute atomic E-state index is 13.2. The molecule has 3 aliphatic heterocycles. The van der Waals surface area contributed by atoms with Gasteiger partial charge in [0.1, 0.15) is 73.2 Å². The minimum atomic E-state index is -1.98. The lowest BCUT2D eigenvalue weighted by Gasteiger charge is -2.48. The van der Waals surface area contributed by atoms with Crippen LogP contribution in [-0.2, 0) is 33.2 Å². The molecule has 408 valence electrons. The monoisotopic (exact) mass is 1010 g/mol. The van der Waals surface area contributed by atoms with E-state index in [4.69, 9.17) is 28.4 Å². The summed E-state index contributed by atoms with van der Waals surface area (Å²) in [6.45, 7) is 1.61. The van der Waals surface area contributed by atoms with E-state index in [0.29, 0.717) is 12.8 Å². The Balaban J connectivity index is 1.58. The smallest absolute Gasteiger partial charge is 0.220 e. The van der Waals surface area contributed by atoms with Crippen molar-refractivity contribution in [2.75, 3.05) is 26.4 Å². The minimum absolute atomic E-state index is 0.225. The average Bonchev–Trinajstić information content (AvgIpc) is 3.35. The van der Waals surface area contributed by atoms with Gasteiger partial charge in [0.25, 0.3) is 0 Å². The molecule has 0 aromatic carbocycles. The summed E-state index contributed by atoms with van der Waals surface area (Å²) in [6.07, 6.45) is 7.23. The largest absolute Gasteiger partial charge is 0.394 e. The molecule has 0 bridgehead atoms. The number of amides is 1. The lowest BCUT2D eigenvalue weighted by atomic mass is 9.96. The van der Waals surface area contributed by atoms with Gasteiger partial charge in [-0.15, -0.1) is 0 Å². The summed E-state index contributed by atoms with van der Waals surface area (Å²) in [5.74, 6) is -0.299. The van der Waals surface area contributed by atoms with Gasteiger partial charge in [0, 0.05) is 6.42 Å². The van der Waals surface area contributed by atoms with E-state index in [1.54, 1.807) is 6.08 Å². The molecule has 0 radical (unpaired) electrons.